The van der Waals surface area contributed by atoms with Gasteiger partial charge in [0.2, 0.25) is 0 Å². The normalized spacial score (nSPS) is 10.2. The molecule has 0 atom stereocenters. The van der Waals surface area contributed by atoms with Crippen LogP contribution in [-0.2, 0) is 11.3 Å². The number of carbonyl (C=O) groups excluding carboxylic acids is 1. The molecule has 1 rings (SSSR count). The van der Waals surface area contributed by atoms with E-state index in [1.54, 1.807) is 19.1 Å². The molecule has 1 N–H and O–H groups in total. The Labute approximate surface area is 93.2 Å². The van der Waals surface area contributed by atoms with Crippen molar-refractivity contribution in [2.24, 2.45) is 0 Å². The highest BCUT2D eigenvalue weighted by Crippen LogP contribution is 2.22. The summed E-state index contributed by atoms with van der Waals surface area (Å²) < 4.78 is 0. The quantitative estimate of drug-likeness (QED) is 0.864. The van der Waals surface area contributed by atoms with Crippen LogP contribution in [0.3, 0.4) is 0 Å². The third-order valence-electron chi connectivity index (χ3n) is 1.69. The Bertz CT molecular complexity index is 339. The summed E-state index contributed by atoms with van der Waals surface area (Å²) in [4.78, 5) is 10.6. The zero-order valence-electron chi connectivity index (χ0n) is 7.81. The van der Waals surface area contributed by atoms with Crippen LogP contribution >= 0.6 is 23.2 Å². The maximum absolute atomic E-state index is 10.6. The highest BCUT2D eigenvalue weighted by atomic mass is 35.5. The number of rotatable bonds is 4. The van der Waals surface area contributed by atoms with Crippen LogP contribution in [0.25, 0.3) is 0 Å². The van der Waals surface area contributed by atoms with Gasteiger partial charge in [0.15, 0.2) is 0 Å². The molecule has 0 heterocycles. The predicted molar refractivity (Wildman–Crippen MR) is 58.8 cm³/mol. The first-order chi connectivity index (χ1) is 6.59. The summed E-state index contributed by atoms with van der Waals surface area (Å²) in [6.45, 7) is 2.54. The number of nitrogens with one attached hydrogen (secondary N) is 1. The van der Waals surface area contributed by atoms with Gasteiger partial charge in [-0.1, -0.05) is 29.3 Å². The Hall–Kier alpha value is -0.570. The van der Waals surface area contributed by atoms with Crippen molar-refractivity contribution in [2.75, 3.05) is 6.54 Å². The topological polar surface area (TPSA) is 29.1 Å². The van der Waals surface area contributed by atoms with Crippen LogP contribution in [0.5, 0.6) is 0 Å². The number of benzene rings is 1. The molecule has 0 fully saturated rings. The van der Waals surface area contributed by atoms with Crippen LogP contribution in [0, 0.1) is 0 Å². The van der Waals surface area contributed by atoms with E-state index in [4.69, 9.17) is 23.2 Å². The molecule has 4 heteroatoms. The lowest BCUT2D eigenvalue weighted by Crippen LogP contribution is -2.20. The first kappa shape index (κ1) is 11.5. The van der Waals surface area contributed by atoms with E-state index in [2.05, 4.69) is 5.32 Å². The average molecular weight is 232 g/mol. The van der Waals surface area contributed by atoms with E-state index < -0.39 is 0 Å². The van der Waals surface area contributed by atoms with E-state index in [0.29, 0.717) is 23.1 Å². The molecular formula is C10H11Cl2NO. The molecule has 2 nitrogen and oxygen atoms in total. The molecule has 0 aliphatic carbocycles. The minimum Gasteiger partial charge on any atom is -0.306 e. The Morgan fingerprint density at radius 1 is 1.36 bits per heavy atom. The van der Waals surface area contributed by atoms with Gasteiger partial charge in [0.1, 0.15) is 5.78 Å². The number of Topliss-reactive ketones (excluding diaryl/α,β-unsaturated/α-hetero) is 1. The summed E-state index contributed by atoms with van der Waals surface area (Å²) in [7, 11) is 0. The summed E-state index contributed by atoms with van der Waals surface area (Å²) in [5.74, 6) is 0.116. The van der Waals surface area contributed by atoms with Crippen LogP contribution in [-0.4, -0.2) is 12.3 Å². The molecule has 1 aromatic rings. The maximum Gasteiger partial charge on any atom is 0.143 e. The van der Waals surface area contributed by atoms with E-state index in [0.717, 1.165) is 5.56 Å². The van der Waals surface area contributed by atoms with E-state index in [1.807, 2.05) is 6.07 Å². The number of carbonyl (C=O) groups is 1. The summed E-state index contributed by atoms with van der Waals surface area (Å²) in [5.41, 5.74) is 1.01. The maximum atomic E-state index is 10.6. The highest BCUT2D eigenvalue weighted by molar-refractivity contribution is 6.42. The molecule has 0 unspecified atom stereocenters. The van der Waals surface area contributed by atoms with E-state index >= 15 is 0 Å². The van der Waals surface area contributed by atoms with Crippen LogP contribution in [0.2, 0.25) is 10.0 Å². The van der Waals surface area contributed by atoms with Gasteiger partial charge in [0.05, 0.1) is 16.6 Å². The van der Waals surface area contributed by atoms with E-state index in [9.17, 15) is 4.79 Å². The molecule has 0 saturated heterocycles. The Kier molecular flexibility index (Phi) is 4.39. The smallest absolute Gasteiger partial charge is 0.143 e. The molecular weight excluding hydrogens is 221 g/mol. The van der Waals surface area contributed by atoms with Crippen molar-refractivity contribution in [3.05, 3.63) is 33.8 Å². The van der Waals surface area contributed by atoms with Crippen molar-refractivity contribution in [2.45, 2.75) is 13.5 Å². The highest BCUT2D eigenvalue weighted by Gasteiger charge is 1.99. The zero-order valence-corrected chi connectivity index (χ0v) is 9.32. The second-order valence-corrected chi connectivity index (χ2v) is 3.87. The van der Waals surface area contributed by atoms with Crippen molar-refractivity contribution in [1.82, 2.24) is 5.32 Å². The SMILES string of the molecule is CC(=O)CNCc1ccc(Cl)c(Cl)c1. The average Bonchev–Trinajstić information content (AvgIpc) is 2.10. The fourth-order valence-electron chi connectivity index (χ4n) is 1.03. The fraction of sp³-hybridized carbons (Fsp3) is 0.300. The van der Waals surface area contributed by atoms with Gasteiger partial charge in [-0.25, -0.2) is 0 Å². The third kappa shape index (κ3) is 3.66. The molecule has 1 aromatic carbocycles. The number of hydrogen-bond donors (Lipinski definition) is 1. The lowest BCUT2D eigenvalue weighted by atomic mass is 10.2. The summed E-state index contributed by atoms with van der Waals surface area (Å²) in [6, 6.07) is 5.41. The monoisotopic (exact) mass is 231 g/mol. The van der Waals surface area contributed by atoms with Gasteiger partial charge < -0.3 is 5.32 Å². The lowest BCUT2D eigenvalue weighted by molar-refractivity contribution is -0.116. The molecule has 0 saturated carbocycles. The first-order valence-corrected chi connectivity index (χ1v) is 4.99. The van der Waals surface area contributed by atoms with Gasteiger partial charge in [-0.3, -0.25) is 4.79 Å². The van der Waals surface area contributed by atoms with Crippen molar-refractivity contribution in [1.29, 1.82) is 0 Å². The van der Waals surface area contributed by atoms with Gasteiger partial charge in [-0.2, -0.15) is 0 Å². The Morgan fingerprint density at radius 3 is 2.64 bits per heavy atom. The Balaban J connectivity index is 2.51. The van der Waals surface area contributed by atoms with Crippen molar-refractivity contribution >= 4 is 29.0 Å². The second kappa shape index (κ2) is 5.35. The second-order valence-electron chi connectivity index (χ2n) is 3.05. The molecule has 76 valence electrons. The van der Waals surface area contributed by atoms with Crippen LogP contribution in [0.15, 0.2) is 18.2 Å². The number of halogens is 2. The van der Waals surface area contributed by atoms with Crippen molar-refractivity contribution < 1.29 is 4.79 Å². The molecule has 14 heavy (non-hydrogen) atoms. The molecule has 0 bridgehead atoms. The van der Waals surface area contributed by atoms with Crippen LogP contribution < -0.4 is 5.32 Å². The van der Waals surface area contributed by atoms with E-state index in [1.165, 1.54) is 0 Å². The van der Waals surface area contributed by atoms with Gasteiger partial charge in [-0.15, -0.1) is 0 Å². The molecule has 0 aliphatic heterocycles. The van der Waals surface area contributed by atoms with Crippen LogP contribution in [0.4, 0.5) is 0 Å². The lowest BCUT2D eigenvalue weighted by Gasteiger charge is -2.03. The minimum absolute atomic E-state index is 0.116. The molecule has 0 spiro atoms. The fourth-order valence-corrected chi connectivity index (χ4v) is 1.35. The largest absolute Gasteiger partial charge is 0.306 e. The van der Waals surface area contributed by atoms with E-state index in [-0.39, 0.29) is 5.78 Å². The number of ketones is 1. The van der Waals surface area contributed by atoms with Crippen LogP contribution in [0.1, 0.15) is 12.5 Å². The van der Waals surface area contributed by atoms with Crippen molar-refractivity contribution in [3.63, 3.8) is 0 Å². The Morgan fingerprint density at radius 2 is 2.07 bits per heavy atom. The zero-order chi connectivity index (χ0) is 10.6. The molecule has 0 radical (unpaired) electrons. The molecule has 0 amide bonds. The summed E-state index contributed by atoms with van der Waals surface area (Å²) in [6.07, 6.45) is 0. The van der Waals surface area contributed by atoms with Gasteiger partial charge in [-0.05, 0) is 24.6 Å². The number of hydrogen-bond acceptors (Lipinski definition) is 2. The van der Waals surface area contributed by atoms with Gasteiger partial charge in [0.25, 0.3) is 0 Å². The summed E-state index contributed by atoms with van der Waals surface area (Å²) in [5, 5.41) is 4.08. The summed E-state index contributed by atoms with van der Waals surface area (Å²) >= 11 is 11.6. The predicted octanol–water partition coefficient (Wildman–Crippen LogP) is 2.67. The minimum atomic E-state index is 0.116. The molecule has 0 aromatic heterocycles. The standard InChI is InChI=1S/C10H11Cl2NO/c1-7(14)5-13-6-8-2-3-9(11)10(12)4-8/h2-4,13H,5-6H2,1H3. The third-order valence-corrected chi connectivity index (χ3v) is 2.43. The van der Waals surface area contributed by atoms with Gasteiger partial charge in [0, 0.05) is 6.54 Å². The van der Waals surface area contributed by atoms with Crippen molar-refractivity contribution in [3.8, 4) is 0 Å². The molecule has 0 aliphatic rings. The van der Waals surface area contributed by atoms with Gasteiger partial charge >= 0.3 is 0 Å². The first-order valence-electron chi connectivity index (χ1n) is 4.23.